The van der Waals surface area contributed by atoms with Crippen molar-refractivity contribution in [1.29, 1.82) is 0 Å². The van der Waals surface area contributed by atoms with Crippen molar-refractivity contribution in [2.24, 2.45) is 5.92 Å². The maximum absolute atomic E-state index is 12.2. The van der Waals surface area contributed by atoms with Crippen molar-refractivity contribution in [3.05, 3.63) is 35.9 Å². The molecule has 110 valence electrons. The SMILES string of the molecule is CC(C)C(=O)NCC(=O)N(Cc1ccccc1)C(C)C. The number of nitrogens with one attached hydrogen (secondary N) is 1. The third kappa shape index (κ3) is 5.03. The van der Waals surface area contributed by atoms with Gasteiger partial charge in [-0.05, 0) is 19.4 Å². The Balaban J connectivity index is 2.62. The van der Waals surface area contributed by atoms with Gasteiger partial charge in [0, 0.05) is 18.5 Å². The predicted molar refractivity (Wildman–Crippen MR) is 80.0 cm³/mol. The molecule has 0 saturated carbocycles. The number of nitrogens with zero attached hydrogens (tertiary/aromatic N) is 1. The minimum atomic E-state index is -0.107. The fourth-order valence-electron chi connectivity index (χ4n) is 1.81. The molecule has 4 nitrogen and oxygen atoms in total. The van der Waals surface area contributed by atoms with E-state index in [1.807, 2.05) is 58.0 Å². The molecule has 0 aliphatic rings. The first-order chi connectivity index (χ1) is 9.41. The van der Waals surface area contributed by atoms with Crippen molar-refractivity contribution in [1.82, 2.24) is 10.2 Å². The van der Waals surface area contributed by atoms with Crippen molar-refractivity contribution < 1.29 is 9.59 Å². The van der Waals surface area contributed by atoms with Crippen molar-refractivity contribution >= 4 is 11.8 Å². The van der Waals surface area contributed by atoms with Crippen LogP contribution in [0, 0.1) is 5.92 Å². The summed E-state index contributed by atoms with van der Waals surface area (Å²) in [6.45, 7) is 8.20. The fraction of sp³-hybridized carbons (Fsp3) is 0.500. The van der Waals surface area contributed by atoms with Crippen LogP contribution in [0.4, 0.5) is 0 Å². The molecule has 0 saturated heterocycles. The van der Waals surface area contributed by atoms with Gasteiger partial charge in [-0.25, -0.2) is 0 Å². The third-order valence-corrected chi connectivity index (χ3v) is 3.08. The highest BCUT2D eigenvalue weighted by Gasteiger charge is 2.18. The zero-order valence-corrected chi connectivity index (χ0v) is 12.7. The zero-order valence-electron chi connectivity index (χ0n) is 12.7. The number of carbonyl (C=O) groups is 2. The van der Waals surface area contributed by atoms with Crippen molar-refractivity contribution in [2.75, 3.05) is 6.54 Å². The molecule has 1 N–H and O–H groups in total. The molecule has 0 aliphatic heterocycles. The molecule has 20 heavy (non-hydrogen) atoms. The van der Waals surface area contributed by atoms with Gasteiger partial charge >= 0.3 is 0 Å². The first-order valence-electron chi connectivity index (χ1n) is 7.03. The molecule has 0 spiro atoms. The monoisotopic (exact) mass is 276 g/mol. The van der Waals surface area contributed by atoms with E-state index in [0.29, 0.717) is 6.54 Å². The van der Waals surface area contributed by atoms with Gasteiger partial charge < -0.3 is 10.2 Å². The third-order valence-electron chi connectivity index (χ3n) is 3.08. The molecular weight excluding hydrogens is 252 g/mol. The minimum absolute atomic E-state index is 0.0575. The van der Waals surface area contributed by atoms with Crippen molar-refractivity contribution in [2.45, 2.75) is 40.3 Å². The predicted octanol–water partition coefficient (Wildman–Crippen LogP) is 2.20. The van der Waals surface area contributed by atoms with E-state index in [0.717, 1.165) is 5.56 Å². The first-order valence-corrected chi connectivity index (χ1v) is 7.03. The Kier molecular flexibility index (Phi) is 6.22. The van der Waals surface area contributed by atoms with Crippen LogP contribution >= 0.6 is 0 Å². The number of amides is 2. The first kappa shape index (κ1) is 16.2. The summed E-state index contributed by atoms with van der Waals surface area (Å²) in [5, 5.41) is 2.67. The Morgan fingerprint density at radius 1 is 1.10 bits per heavy atom. The highest BCUT2D eigenvalue weighted by Crippen LogP contribution is 2.08. The summed E-state index contributed by atoms with van der Waals surface area (Å²) in [5.74, 6) is -0.260. The molecule has 0 heterocycles. The van der Waals surface area contributed by atoms with Crippen LogP contribution in [0.15, 0.2) is 30.3 Å². The van der Waals surface area contributed by atoms with Crippen LogP contribution in [-0.2, 0) is 16.1 Å². The van der Waals surface area contributed by atoms with Crippen LogP contribution in [0.25, 0.3) is 0 Å². The number of carbonyl (C=O) groups excluding carboxylic acids is 2. The molecule has 0 unspecified atom stereocenters. The van der Waals surface area contributed by atoms with E-state index >= 15 is 0 Å². The summed E-state index contributed by atoms with van der Waals surface area (Å²) in [7, 11) is 0. The molecular formula is C16H24N2O2. The molecule has 2 amide bonds. The van der Waals surface area contributed by atoms with Gasteiger partial charge in [0.1, 0.15) is 0 Å². The molecule has 1 aromatic rings. The lowest BCUT2D eigenvalue weighted by atomic mass is 10.2. The van der Waals surface area contributed by atoms with Gasteiger partial charge in [0.2, 0.25) is 11.8 Å². The number of hydrogen-bond donors (Lipinski definition) is 1. The molecule has 0 atom stereocenters. The maximum Gasteiger partial charge on any atom is 0.242 e. The van der Waals surface area contributed by atoms with Crippen LogP contribution in [0.1, 0.15) is 33.3 Å². The largest absolute Gasteiger partial charge is 0.347 e. The van der Waals surface area contributed by atoms with Crippen LogP contribution < -0.4 is 5.32 Å². The van der Waals surface area contributed by atoms with Gasteiger partial charge in [0.05, 0.1) is 6.54 Å². The molecule has 4 heteroatoms. The highest BCUT2D eigenvalue weighted by atomic mass is 16.2. The molecule has 1 rings (SSSR count). The van der Waals surface area contributed by atoms with E-state index in [1.165, 1.54) is 0 Å². The summed E-state index contributed by atoms with van der Waals surface area (Å²) < 4.78 is 0. The van der Waals surface area contributed by atoms with Gasteiger partial charge in [-0.15, -0.1) is 0 Å². The molecule has 0 aromatic heterocycles. The van der Waals surface area contributed by atoms with Gasteiger partial charge in [-0.1, -0.05) is 44.2 Å². The lowest BCUT2D eigenvalue weighted by molar-refractivity contribution is -0.135. The normalized spacial score (nSPS) is 10.7. The zero-order chi connectivity index (χ0) is 15.1. The van der Waals surface area contributed by atoms with E-state index in [-0.39, 0.29) is 30.3 Å². The smallest absolute Gasteiger partial charge is 0.242 e. The maximum atomic E-state index is 12.2. The van der Waals surface area contributed by atoms with E-state index in [2.05, 4.69) is 5.32 Å². The second-order valence-corrected chi connectivity index (χ2v) is 5.47. The molecule has 0 fully saturated rings. The lowest BCUT2D eigenvalue weighted by Crippen LogP contribution is -2.43. The van der Waals surface area contributed by atoms with E-state index in [9.17, 15) is 9.59 Å². The standard InChI is InChI=1S/C16H24N2O2/c1-12(2)16(20)17-10-15(19)18(13(3)4)11-14-8-6-5-7-9-14/h5-9,12-13H,10-11H2,1-4H3,(H,17,20). The summed E-state index contributed by atoms with van der Waals surface area (Å²) in [6.07, 6.45) is 0. The van der Waals surface area contributed by atoms with Crippen LogP contribution in [0.3, 0.4) is 0 Å². The van der Waals surface area contributed by atoms with E-state index in [4.69, 9.17) is 0 Å². The average molecular weight is 276 g/mol. The molecule has 1 aromatic carbocycles. The summed E-state index contributed by atoms with van der Waals surface area (Å²) >= 11 is 0. The fourth-order valence-corrected chi connectivity index (χ4v) is 1.81. The van der Waals surface area contributed by atoms with Gasteiger partial charge in [0.25, 0.3) is 0 Å². The number of hydrogen-bond acceptors (Lipinski definition) is 2. The van der Waals surface area contributed by atoms with Crippen molar-refractivity contribution in [3.63, 3.8) is 0 Å². The van der Waals surface area contributed by atoms with Crippen LogP contribution in [0.5, 0.6) is 0 Å². The van der Waals surface area contributed by atoms with Gasteiger partial charge in [0.15, 0.2) is 0 Å². The van der Waals surface area contributed by atoms with Crippen LogP contribution in [-0.4, -0.2) is 29.3 Å². The second kappa shape index (κ2) is 7.68. The van der Waals surface area contributed by atoms with Gasteiger partial charge in [-0.2, -0.15) is 0 Å². The Bertz CT molecular complexity index is 441. The van der Waals surface area contributed by atoms with Crippen LogP contribution in [0.2, 0.25) is 0 Å². The number of rotatable bonds is 6. The number of benzene rings is 1. The quantitative estimate of drug-likeness (QED) is 0.866. The minimum Gasteiger partial charge on any atom is -0.347 e. The molecule has 0 aliphatic carbocycles. The Morgan fingerprint density at radius 3 is 2.20 bits per heavy atom. The Hall–Kier alpha value is -1.84. The molecule has 0 bridgehead atoms. The van der Waals surface area contributed by atoms with E-state index < -0.39 is 0 Å². The van der Waals surface area contributed by atoms with Gasteiger partial charge in [-0.3, -0.25) is 9.59 Å². The highest BCUT2D eigenvalue weighted by molar-refractivity contribution is 5.85. The van der Waals surface area contributed by atoms with Crippen molar-refractivity contribution in [3.8, 4) is 0 Å². The van der Waals surface area contributed by atoms with E-state index in [1.54, 1.807) is 4.90 Å². The average Bonchev–Trinajstić information content (AvgIpc) is 2.42. The Labute approximate surface area is 121 Å². The second-order valence-electron chi connectivity index (χ2n) is 5.47. The lowest BCUT2D eigenvalue weighted by Gasteiger charge is -2.27. The summed E-state index contributed by atoms with van der Waals surface area (Å²) in [5.41, 5.74) is 1.09. The molecule has 0 radical (unpaired) electrons. The summed E-state index contributed by atoms with van der Waals surface area (Å²) in [6, 6.07) is 9.95. The topological polar surface area (TPSA) is 49.4 Å². The summed E-state index contributed by atoms with van der Waals surface area (Å²) in [4.78, 5) is 25.5. The Morgan fingerprint density at radius 2 is 1.70 bits per heavy atom.